The van der Waals surface area contributed by atoms with Crippen molar-refractivity contribution in [1.29, 1.82) is 0 Å². The van der Waals surface area contributed by atoms with E-state index in [9.17, 15) is 4.79 Å². The summed E-state index contributed by atoms with van der Waals surface area (Å²) in [4.78, 5) is 22.3. The van der Waals surface area contributed by atoms with Gasteiger partial charge in [0.1, 0.15) is 0 Å². The van der Waals surface area contributed by atoms with Gasteiger partial charge in [-0.2, -0.15) is 0 Å². The average Bonchev–Trinajstić information content (AvgIpc) is 3.52. The molecule has 2 heterocycles. The first-order chi connectivity index (χ1) is 15.7. The number of amides is 1. The van der Waals surface area contributed by atoms with Gasteiger partial charge in [-0.3, -0.25) is 9.69 Å². The number of carbonyl (C=O) groups excluding carboxylic acids is 1. The molecule has 1 aromatic heterocycles. The first-order valence-corrected chi connectivity index (χ1v) is 12.4. The molecule has 0 unspecified atom stereocenters. The van der Waals surface area contributed by atoms with Crippen LogP contribution in [0.2, 0.25) is 0 Å². The maximum Gasteiger partial charge on any atom is 0.230 e. The molecule has 5 nitrogen and oxygen atoms in total. The van der Waals surface area contributed by atoms with E-state index >= 15 is 0 Å². The maximum absolute atomic E-state index is 12.6. The first kappa shape index (κ1) is 21.2. The largest absolute Gasteiger partial charge is 0.369 e. The summed E-state index contributed by atoms with van der Waals surface area (Å²) in [6.07, 6.45) is 3.94. The molecule has 2 aliphatic rings. The predicted octanol–water partition coefficient (Wildman–Crippen LogP) is 4.45. The Morgan fingerprint density at radius 2 is 1.84 bits per heavy atom. The highest BCUT2D eigenvalue weighted by atomic mass is 32.1. The highest BCUT2D eigenvalue weighted by Gasteiger charge is 2.26. The third kappa shape index (κ3) is 5.75. The number of anilines is 2. The van der Waals surface area contributed by atoms with E-state index in [2.05, 4.69) is 44.4 Å². The smallest absolute Gasteiger partial charge is 0.230 e. The van der Waals surface area contributed by atoms with Crippen LogP contribution in [-0.2, 0) is 17.6 Å². The zero-order valence-electron chi connectivity index (χ0n) is 18.4. The summed E-state index contributed by atoms with van der Waals surface area (Å²) in [6.45, 7) is 5.62. The second-order valence-corrected chi connectivity index (χ2v) is 9.84. The van der Waals surface area contributed by atoms with Gasteiger partial charge in [0.15, 0.2) is 0 Å². The number of piperazine rings is 1. The molecule has 1 aliphatic carbocycles. The Hall–Kier alpha value is -2.70. The van der Waals surface area contributed by atoms with Gasteiger partial charge in [-0.15, -0.1) is 11.3 Å². The molecule has 1 aliphatic heterocycles. The topological polar surface area (TPSA) is 48.5 Å². The van der Waals surface area contributed by atoms with E-state index in [1.165, 1.54) is 30.6 Å². The standard InChI is InChI=1S/C26H30N4OS/c31-25(17-23-19-32-26(28-23)15-20-5-2-1-3-6-20)27-22-7-4-8-24(16-22)30-13-11-29(12-14-30)18-21-9-10-21/h1-8,16,19,21H,9-15,17-18H2,(H,27,31). The minimum absolute atomic E-state index is 0.0204. The monoisotopic (exact) mass is 446 g/mol. The number of rotatable bonds is 8. The van der Waals surface area contributed by atoms with E-state index in [1.54, 1.807) is 11.3 Å². The molecule has 5 rings (SSSR count). The molecule has 1 amide bonds. The number of nitrogens with zero attached hydrogens (tertiary/aromatic N) is 3. The SMILES string of the molecule is O=C(Cc1csc(Cc2ccccc2)n1)Nc1cccc(N2CCN(CC3CC3)CC2)c1. The van der Waals surface area contributed by atoms with Gasteiger partial charge in [0, 0.05) is 55.9 Å². The van der Waals surface area contributed by atoms with Gasteiger partial charge in [-0.1, -0.05) is 36.4 Å². The van der Waals surface area contributed by atoms with Crippen LogP contribution in [-0.4, -0.2) is 48.5 Å². The van der Waals surface area contributed by atoms with Crippen molar-refractivity contribution in [3.63, 3.8) is 0 Å². The lowest BCUT2D eigenvalue weighted by molar-refractivity contribution is -0.115. The van der Waals surface area contributed by atoms with Gasteiger partial charge in [0.05, 0.1) is 17.1 Å². The molecule has 32 heavy (non-hydrogen) atoms. The molecule has 6 heteroatoms. The summed E-state index contributed by atoms with van der Waals surface area (Å²) in [5.41, 5.74) is 4.12. The molecule has 0 spiro atoms. The van der Waals surface area contributed by atoms with Crippen LogP contribution in [0.25, 0.3) is 0 Å². The highest BCUT2D eigenvalue weighted by Crippen LogP contribution is 2.30. The van der Waals surface area contributed by atoms with Crippen molar-refractivity contribution in [2.75, 3.05) is 42.9 Å². The number of carbonyl (C=O) groups is 1. The highest BCUT2D eigenvalue weighted by molar-refractivity contribution is 7.09. The second kappa shape index (κ2) is 9.84. The summed E-state index contributed by atoms with van der Waals surface area (Å²) >= 11 is 1.62. The van der Waals surface area contributed by atoms with Crippen LogP contribution in [0.5, 0.6) is 0 Å². The van der Waals surface area contributed by atoms with Gasteiger partial charge in [-0.05, 0) is 42.5 Å². The first-order valence-electron chi connectivity index (χ1n) is 11.6. The number of benzene rings is 2. The van der Waals surface area contributed by atoms with Crippen molar-refractivity contribution < 1.29 is 4.79 Å². The van der Waals surface area contributed by atoms with Gasteiger partial charge >= 0.3 is 0 Å². The van der Waals surface area contributed by atoms with E-state index in [-0.39, 0.29) is 5.91 Å². The number of hydrogen-bond acceptors (Lipinski definition) is 5. The summed E-state index contributed by atoms with van der Waals surface area (Å²) in [5, 5.41) is 6.10. The fourth-order valence-electron chi connectivity index (χ4n) is 4.29. The van der Waals surface area contributed by atoms with Crippen molar-refractivity contribution in [3.05, 3.63) is 76.2 Å². The molecule has 1 saturated carbocycles. The Balaban J connectivity index is 1.13. The molecule has 2 fully saturated rings. The Kier molecular flexibility index (Phi) is 6.51. The van der Waals surface area contributed by atoms with Crippen LogP contribution < -0.4 is 10.2 Å². The quantitative estimate of drug-likeness (QED) is 0.556. The molecule has 0 radical (unpaired) electrons. The Morgan fingerprint density at radius 1 is 1.03 bits per heavy atom. The van der Waals surface area contributed by atoms with Crippen LogP contribution in [0.4, 0.5) is 11.4 Å². The number of hydrogen-bond donors (Lipinski definition) is 1. The molecule has 1 N–H and O–H groups in total. The second-order valence-electron chi connectivity index (χ2n) is 8.90. The van der Waals surface area contributed by atoms with Crippen LogP contribution in [0.1, 0.15) is 29.1 Å². The van der Waals surface area contributed by atoms with Crippen LogP contribution in [0.3, 0.4) is 0 Å². The summed E-state index contributed by atoms with van der Waals surface area (Å²) < 4.78 is 0. The van der Waals surface area contributed by atoms with E-state index in [0.717, 1.165) is 54.9 Å². The molecule has 1 saturated heterocycles. The Labute approximate surface area is 194 Å². The fourth-order valence-corrected chi connectivity index (χ4v) is 5.11. The van der Waals surface area contributed by atoms with Gasteiger partial charge < -0.3 is 10.2 Å². The van der Waals surface area contributed by atoms with Crippen molar-refractivity contribution in [2.24, 2.45) is 5.92 Å². The molecular weight excluding hydrogens is 416 g/mol. The zero-order chi connectivity index (χ0) is 21.8. The van der Waals surface area contributed by atoms with E-state index in [1.807, 2.05) is 35.7 Å². The average molecular weight is 447 g/mol. The van der Waals surface area contributed by atoms with Gasteiger partial charge in [0.2, 0.25) is 5.91 Å². The van der Waals surface area contributed by atoms with E-state index in [0.29, 0.717) is 6.42 Å². The van der Waals surface area contributed by atoms with Crippen molar-refractivity contribution in [3.8, 4) is 0 Å². The van der Waals surface area contributed by atoms with Crippen molar-refractivity contribution in [2.45, 2.75) is 25.7 Å². The fraction of sp³-hybridized carbons (Fsp3) is 0.385. The van der Waals surface area contributed by atoms with E-state index in [4.69, 9.17) is 0 Å². The number of nitrogens with one attached hydrogen (secondary N) is 1. The minimum atomic E-state index is -0.0204. The van der Waals surface area contributed by atoms with Crippen LogP contribution in [0, 0.1) is 5.92 Å². The summed E-state index contributed by atoms with van der Waals surface area (Å²) in [7, 11) is 0. The molecule has 0 bridgehead atoms. The third-order valence-corrected chi connectivity index (χ3v) is 7.12. The van der Waals surface area contributed by atoms with Crippen LogP contribution >= 0.6 is 11.3 Å². The molecule has 3 aromatic rings. The normalized spacial score (nSPS) is 16.8. The minimum Gasteiger partial charge on any atom is -0.369 e. The zero-order valence-corrected chi connectivity index (χ0v) is 19.2. The van der Waals surface area contributed by atoms with Gasteiger partial charge in [0.25, 0.3) is 0 Å². The van der Waals surface area contributed by atoms with Crippen molar-refractivity contribution >= 4 is 28.6 Å². The lowest BCUT2D eigenvalue weighted by atomic mass is 10.2. The number of thiazole rings is 1. The third-order valence-electron chi connectivity index (χ3n) is 6.22. The maximum atomic E-state index is 12.6. The van der Waals surface area contributed by atoms with E-state index < -0.39 is 0 Å². The summed E-state index contributed by atoms with van der Waals surface area (Å²) in [5.74, 6) is 0.931. The molecule has 2 aromatic carbocycles. The lowest BCUT2D eigenvalue weighted by Crippen LogP contribution is -2.47. The predicted molar refractivity (Wildman–Crippen MR) is 132 cm³/mol. The lowest BCUT2D eigenvalue weighted by Gasteiger charge is -2.36. The Morgan fingerprint density at radius 3 is 2.62 bits per heavy atom. The van der Waals surface area contributed by atoms with Crippen molar-refractivity contribution in [1.82, 2.24) is 9.88 Å². The van der Waals surface area contributed by atoms with Gasteiger partial charge in [-0.25, -0.2) is 4.98 Å². The van der Waals surface area contributed by atoms with Crippen LogP contribution in [0.15, 0.2) is 60.0 Å². The molecular formula is C26H30N4OS. The molecule has 0 atom stereocenters. The number of aromatic nitrogens is 1. The molecule has 166 valence electrons. The summed E-state index contributed by atoms with van der Waals surface area (Å²) in [6, 6.07) is 18.5. The Bertz CT molecular complexity index is 1040.